The van der Waals surface area contributed by atoms with Crippen LogP contribution in [0.15, 0.2) is 30.7 Å². The summed E-state index contributed by atoms with van der Waals surface area (Å²) in [5.41, 5.74) is 3.61. The number of aryl methyl sites for hydroxylation is 2. The summed E-state index contributed by atoms with van der Waals surface area (Å²) in [6.07, 6.45) is 6.92. The van der Waals surface area contributed by atoms with E-state index in [0.717, 1.165) is 46.1 Å². The van der Waals surface area contributed by atoms with Crippen molar-refractivity contribution in [2.75, 3.05) is 10.6 Å². The quantitative estimate of drug-likeness (QED) is 0.476. The minimum Gasteiger partial charge on any atom is -0.393 e. The number of hydrogen-bond acceptors (Lipinski definition) is 8. The summed E-state index contributed by atoms with van der Waals surface area (Å²) >= 11 is 1.38. The zero-order valence-electron chi connectivity index (χ0n) is 15.5. The Kier molecular flexibility index (Phi) is 4.02. The molecule has 0 aliphatic heterocycles. The normalized spacial score (nSPS) is 19.0. The van der Waals surface area contributed by atoms with E-state index < -0.39 is 0 Å². The Balaban J connectivity index is 1.58. The lowest BCUT2D eigenvalue weighted by molar-refractivity contribution is 0.0836. The van der Waals surface area contributed by atoms with Crippen molar-refractivity contribution in [3.63, 3.8) is 0 Å². The van der Waals surface area contributed by atoms with E-state index in [1.54, 1.807) is 4.68 Å². The van der Waals surface area contributed by atoms with E-state index in [2.05, 4.69) is 25.1 Å². The molecule has 0 amide bonds. The van der Waals surface area contributed by atoms with E-state index in [-0.39, 0.29) is 12.1 Å². The third kappa shape index (κ3) is 3.10. The van der Waals surface area contributed by atoms with Crippen LogP contribution in [-0.2, 0) is 7.05 Å². The molecule has 1 aliphatic carbocycles. The molecule has 3 N–H and O–H groups in total. The summed E-state index contributed by atoms with van der Waals surface area (Å²) in [4.78, 5) is 9.41. The summed E-state index contributed by atoms with van der Waals surface area (Å²) in [5.74, 6) is 1.25. The molecule has 4 aromatic rings. The average Bonchev–Trinajstić information content (AvgIpc) is 3.33. The van der Waals surface area contributed by atoms with E-state index in [0.29, 0.717) is 5.95 Å². The fourth-order valence-corrected chi connectivity index (χ4v) is 4.04. The van der Waals surface area contributed by atoms with Crippen molar-refractivity contribution in [1.82, 2.24) is 28.7 Å². The standard InChI is InChI=1S/C18H20N8OS/c1-10-5-15(28-24-10)22-18-21-14-3-4-26(12-8-19-25(2)9-12)16(14)17(23-18)20-11-6-13(27)7-11/h3-5,8-9,11,13,27H,6-7H2,1-2H3,(H2,20,21,22,23). The summed E-state index contributed by atoms with van der Waals surface area (Å²) in [7, 11) is 1.89. The van der Waals surface area contributed by atoms with Crippen LogP contribution in [0.5, 0.6) is 0 Å². The molecule has 144 valence electrons. The fourth-order valence-electron chi connectivity index (χ4n) is 3.38. The molecule has 9 nitrogen and oxygen atoms in total. The Morgan fingerprint density at radius 3 is 2.82 bits per heavy atom. The van der Waals surface area contributed by atoms with Gasteiger partial charge in [-0.15, -0.1) is 0 Å². The van der Waals surface area contributed by atoms with Gasteiger partial charge in [0.05, 0.1) is 29.2 Å². The van der Waals surface area contributed by atoms with Crippen LogP contribution in [0.3, 0.4) is 0 Å². The van der Waals surface area contributed by atoms with Crippen molar-refractivity contribution >= 4 is 39.3 Å². The SMILES string of the molecule is Cc1cc(Nc2nc(NC3CC(O)C3)c3c(ccn3-c3cnn(C)c3)n2)sn1. The lowest BCUT2D eigenvalue weighted by atomic mass is 9.89. The molecule has 0 saturated heterocycles. The molecule has 4 aromatic heterocycles. The summed E-state index contributed by atoms with van der Waals surface area (Å²) < 4.78 is 8.08. The number of nitrogens with zero attached hydrogens (tertiary/aromatic N) is 6. The Hall–Kier alpha value is -2.98. The predicted octanol–water partition coefficient (Wildman–Crippen LogP) is 2.60. The molecule has 0 atom stereocenters. The van der Waals surface area contributed by atoms with E-state index >= 15 is 0 Å². The fraction of sp³-hybridized carbons (Fsp3) is 0.333. The number of aliphatic hydroxyl groups excluding tert-OH is 1. The molecular formula is C18H20N8OS. The molecule has 0 bridgehead atoms. The van der Waals surface area contributed by atoms with Crippen molar-refractivity contribution in [2.45, 2.75) is 31.9 Å². The molecule has 0 aromatic carbocycles. The molecule has 5 rings (SSSR count). The summed E-state index contributed by atoms with van der Waals surface area (Å²) in [5, 5.41) is 21.5. The first-order chi connectivity index (χ1) is 13.5. The zero-order chi connectivity index (χ0) is 19.3. The smallest absolute Gasteiger partial charge is 0.230 e. The van der Waals surface area contributed by atoms with Gasteiger partial charge in [-0.25, -0.2) is 4.98 Å². The number of nitrogens with one attached hydrogen (secondary N) is 2. The highest BCUT2D eigenvalue weighted by Gasteiger charge is 2.28. The van der Waals surface area contributed by atoms with Crippen LogP contribution < -0.4 is 10.6 Å². The topological polar surface area (TPSA) is 106 Å². The summed E-state index contributed by atoms with van der Waals surface area (Å²) in [6.45, 7) is 1.95. The third-order valence-electron chi connectivity index (χ3n) is 4.82. The van der Waals surface area contributed by atoms with E-state index in [4.69, 9.17) is 4.98 Å². The second-order valence-electron chi connectivity index (χ2n) is 7.11. The van der Waals surface area contributed by atoms with Crippen molar-refractivity contribution in [3.05, 3.63) is 36.4 Å². The Morgan fingerprint density at radius 1 is 1.29 bits per heavy atom. The van der Waals surface area contributed by atoms with Crippen molar-refractivity contribution in [2.24, 2.45) is 7.05 Å². The Bertz CT molecular complexity index is 1140. The van der Waals surface area contributed by atoms with Gasteiger partial charge < -0.3 is 20.3 Å². The monoisotopic (exact) mass is 396 g/mol. The third-order valence-corrected chi connectivity index (χ3v) is 5.62. The maximum Gasteiger partial charge on any atom is 0.230 e. The maximum atomic E-state index is 9.65. The molecule has 1 fully saturated rings. The number of anilines is 3. The van der Waals surface area contributed by atoms with Crippen LogP contribution in [-0.4, -0.2) is 45.9 Å². The second-order valence-corrected chi connectivity index (χ2v) is 7.92. The average molecular weight is 396 g/mol. The number of aliphatic hydroxyl groups is 1. The van der Waals surface area contributed by atoms with Crippen LogP contribution in [0.25, 0.3) is 16.7 Å². The molecule has 10 heteroatoms. The van der Waals surface area contributed by atoms with Gasteiger partial charge in [0.2, 0.25) is 5.95 Å². The summed E-state index contributed by atoms with van der Waals surface area (Å²) in [6, 6.07) is 4.13. The van der Waals surface area contributed by atoms with Gasteiger partial charge in [-0.2, -0.15) is 14.5 Å². The van der Waals surface area contributed by atoms with Crippen LogP contribution in [0.2, 0.25) is 0 Å². The van der Waals surface area contributed by atoms with Gasteiger partial charge in [0.25, 0.3) is 0 Å². The predicted molar refractivity (Wildman–Crippen MR) is 108 cm³/mol. The van der Waals surface area contributed by atoms with Gasteiger partial charge in [0.1, 0.15) is 10.5 Å². The first-order valence-corrected chi connectivity index (χ1v) is 9.85. The van der Waals surface area contributed by atoms with Gasteiger partial charge in [-0.05, 0) is 43.4 Å². The number of hydrogen-bond donors (Lipinski definition) is 3. The maximum absolute atomic E-state index is 9.65. The lowest BCUT2D eigenvalue weighted by Crippen LogP contribution is -2.39. The highest BCUT2D eigenvalue weighted by atomic mass is 32.1. The molecule has 4 heterocycles. The first-order valence-electron chi connectivity index (χ1n) is 9.08. The van der Waals surface area contributed by atoms with Gasteiger partial charge in [-0.1, -0.05) is 0 Å². The highest BCUT2D eigenvalue weighted by molar-refractivity contribution is 7.10. The molecule has 1 aliphatic rings. The van der Waals surface area contributed by atoms with E-state index in [9.17, 15) is 5.11 Å². The molecule has 0 spiro atoms. The minimum absolute atomic E-state index is 0.198. The Labute approximate surface area is 165 Å². The molecular weight excluding hydrogens is 376 g/mol. The first kappa shape index (κ1) is 17.1. The largest absolute Gasteiger partial charge is 0.393 e. The second kappa shape index (κ2) is 6.57. The number of rotatable bonds is 5. The van der Waals surface area contributed by atoms with Crippen molar-refractivity contribution < 1.29 is 5.11 Å². The molecule has 1 saturated carbocycles. The zero-order valence-corrected chi connectivity index (χ0v) is 16.3. The van der Waals surface area contributed by atoms with Crippen LogP contribution >= 0.6 is 11.5 Å². The van der Waals surface area contributed by atoms with Gasteiger partial charge in [0.15, 0.2) is 5.82 Å². The lowest BCUT2D eigenvalue weighted by Gasteiger charge is -2.32. The van der Waals surface area contributed by atoms with Crippen LogP contribution in [0.4, 0.5) is 16.8 Å². The van der Waals surface area contributed by atoms with Gasteiger partial charge in [0, 0.05) is 25.5 Å². The number of fused-ring (bicyclic) bond motifs is 1. The van der Waals surface area contributed by atoms with E-state index in [1.807, 2.05) is 49.3 Å². The van der Waals surface area contributed by atoms with Crippen molar-refractivity contribution in [3.8, 4) is 5.69 Å². The van der Waals surface area contributed by atoms with Gasteiger partial charge in [-0.3, -0.25) is 4.68 Å². The minimum atomic E-state index is -0.238. The molecule has 0 unspecified atom stereocenters. The van der Waals surface area contributed by atoms with Crippen LogP contribution in [0.1, 0.15) is 18.5 Å². The molecule has 0 radical (unpaired) electrons. The molecule has 28 heavy (non-hydrogen) atoms. The van der Waals surface area contributed by atoms with E-state index in [1.165, 1.54) is 11.5 Å². The Morgan fingerprint density at radius 2 is 2.14 bits per heavy atom. The highest BCUT2D eigenvalue weighted by Crippen LogP contribution is 2.31. The van der Waals surface area contributed by atoms with Crippen molar-refractivity contribution in [1.29, 1.82) is 0 Å². The number of aromatic nitrogens is 6. The van der Waals surface area contributed by atoms with Crippen LogP contribution in [0, 0.1) is 6.92 Å². The van der Waals surface area contributed by atoms with Gasteiger partial charge >= 0.3 is 0 Å².